The number of hydrogen-bond acceptors (Lipinski definition) is 3. The summed E-state index contributed by atoms with van der Waals surface area (Å²) < 4.78 is 9.47. The van der Waals surface area contributed by atoms with Gasteiger partial charge in [0.15, 0.2) is 12.3 Å². The Kier molecular flexibility index (Phi) is 4.92. The smallest absolute Gasteiger partial charge is 0.207 e. The van der Waals surface area contributed by atoms with E-state index >= 15 is 0 Å². The number of rotatable bonds is 6. The minimum atomic E-state index is 0.505. The van der Waals surface area contributed by atoms with Crippen LogP contribution < -0.4 is 9.64 Å². The SMILES string of the molecule is COc1ccc(C[NH+](Cn2nc3c(Cl)cc(Cl)cn3c2=S)C2CC2)cc1. The van der Waals surface area contributed by atoms with Crippen LogP contribution in [-0.2, 0) is 13.2 Å². The van der Waals surface area contributed by atoms with Gasteiger partial charge in [-0.2, -0.15) is 4.68 Å². The fraction of sp³-hybridized carbons (Fsp3) is 0.333. The summed E-state index contributed by atoms with van der Waals surface area (Å²) in [7, 11) is 1.68. The highest BCUT2D eigenvalue weighted by Gasteiger charge is 2.34. The molecule has 0 bridgehead atoms. The van der Waals surface area contributed by atoms with E-state index in [1.54, 1.807) is 23.8 Å². The maximum absolute atomic E-state index is 6.27. The fourth-order valence-corrected chi connectivity index (χ4v) is 3.92. The number of hydrogen-bond donors (Lipinski definition) is 1. The summed E-state index contributed by atoms with van der Waals surface area (Å²) in [4.78, 5) is 1.44. The first-order chi connectivity index (χ1) is 12.5. The molecule has 2 heterocycles. The van der Waals surface area contributed by atoms with Gasteiger partial charge in [-0.1, -0.05) is 23.2 Å². The molecule has 136 valence electrons. The lowest BCUT2D eigenvalue weighted by Crippen LogP contribution is -3.11. The van der Waals surface area contributed by atoms with E-state index in [-0.39, 0.29) is 0 Å². The van der Waals surface area contributed by atoms with Crippen LogP contribution in [0.2, 0.25) is 10.0 Å². The van der Waals surface area contributed by atoms with Gasteiger partial charge in [-0.05, 0) is 42.5 Å². The average Bonchev–Trinajstić information content (AvgIpc) is 3.42. The highest BCUT2D eigenvalue weighted by atomic mass is 35.5. The monoisotopic (exact) mass is 409 g/mol. The number of fused-ring (bicyclic) bond motifs is 1. The maximum atomic E-state index is 6.27. The number of ether oxygens (including phenoxy) is 1. The normalized spacial score (nSPS) is 15.3. The molecule has 0 saturated heterocycles. The number of benzene rings is 1. The van der Waals surface area contributed by atoms with Crippen molar-refractivity contribution in [2.45, 2.75) is 32.1 Å². The van der Waals surface area contributed by atoms with Gasteiger partial charge in [0.2, 0.25) is 4.77 Å². The van der Waals surface area contributed by atoms with E-state index in [9.17, 15) is 0 Å². The van der Waals surface area contributed by atoms with E-state index in [0.717, 1.165) is 12.3 Å². The third kappa shape index (κ3) is 3.60. The van der Waals surface area contributed by atoms with E-state index in [4.69, 9.17) is 40.2 Å². The van der Waals surface area contributed by atoms with Crippen LogP contribution in [0.3, 0.4) is 0 Å². The van der Waals surface area contributed by atoms with Crippen molar-refractivity contribution in [3.8, 4) is 5.75 Å². The van der Waals surface area contributed by atoms with Gasteiger partial charge >= 0.3 is 0 Å². The standard InChI is InChI=1S/C18H18Cl2N4OS/c1-25-15-6-2-12(3-7-15)9-22(14-4-5-14)11-24-18(26)23-10-13(19)8-16(20)17(23)21-24/h2-3,6-8,10,14H,4-5,9,11H2,1H3/p+1. The number of quaternary nitrogens is 1. The molecule has 0 spiro atoms. The van der Waals surface area contributed by atoms with Crippen molar-refractivity contribution in [2.24, 2.45) is 0 Å². The first-order valence-electron chi connectivity index (χ1n) is 8.47. The van der Waals surface area contributed by atoms with E-state index in [2.05, 4.69) is 17.2 Å². The zero-order chi connectivity index (χ0) is 18.3. The number of halogens is 2. The highest BCUT2D eigenvalue weighted by molar-refractivity contribution is 7.71. The van der Waals surface area contributed by atoms with Crippen molar-refractivity contribution in [3.05, 3.63) is 56.9 Å². The molecule has 1 N–H and O–H groups in total. The van der Waals surface area contributed by atoms with Gasteiger partial charge in [-0.15, -0.1) is 5.10 Å². The molecule has 0 amide bonds. The van der Waals surface area contributed by atoms with Crippen molar-refractivity contribution in [1.29, 1.82) is 0 Å². The van der Waals surface area contributed by atoms with Crippen LogP contribution in [0, 0.1) is 4.77 Å². The Morgan fingerprint density at radius 3 is 2.65 bits per heavy atom. The molecule has 26 heavy (non-hydrogen) atoms. The largest absolute Gasteiger partial charge is 0.497 e. The lowest BCUT2D eigenvalue weighted by molar-refractivity contribution is -0.947. The van der Waals surface area contributed by atoms with Gasteiger partial charge in [0.1, 0.15) is 12.3 Å². The summed E-state index contributed by atoms with van der Waals surface area (Å²) in [5.74, 6) is 0.871. The van der Waals surface area contributed by atoms with Gasteiger partial charge < -0.3 is 9.64 Å². The molecule has 3 aromatic rings. The van der Waals surface area contributed by atoms with E-state index in [0.29, 0.717) is 33.2 Å². The minimum Gasteiger partial charge on any atom is -0.497 e. The van der Waals surface area contributed by atoms with Crippen molar-refractivity contribution in [1.82, 2.24) is 14.2 Å². The Morgan fingerprint density at radius 1 is 1.27 bits per heavy atom. The third-order valence-electron chi connectivity index (χ3n) is 4.70. The second-order valence-electron chi connectivity index (χ2n) is 6.60. The van der Waals surface area contributed by atoms with Crippen LogP contribution in [0.4, 0.5) is 0 Å². The highest BCUT2D eigenvalue weighted by Crippen LogP contribution is 2.21. The Hall–Kier alpha value is -1.60. The van der Waals surface area contributed by atoms with Crippen molar-refractivity contribution in [3.63, 3.8) is 0 Å². The molecule has 0 aliphatic heterocycles. The number of pyridine rings is 1. The predicted octanol–water partition coefficient (Wildman–Crippen LogP) is 3.39. The van der Waals surface area contributed by atoms with Gasteiger partial charge in [0.05, 0.1) is 23.2 Å². The van der Waals surface area contributed by atoms with Crippen LogP contribution in [0.15, 0.2) is 36.5 Å². The zero-order valence-corrected chi connectivity index (χ0v) is 16.6. The number of nitrogens with zero attached hydrogens (tertiary/aromatic N) is 3. The Bertz CT molecular complexity index is 995. The van der Waals surface area contributed by atoms with E-state index in [1.807, 2.05) is 16.8 Å². The van der Waals surface area contributed by atoms with Gasteiger partial charge in [-0.3, -0.25) is 4.40 Å². The maximum Gasteiger partial charge on any atom is 0.207 e. The average molecular weight is 410 g/mol. The molecule has 1 aliphatic rings. The Labute approximate surface area is 166 Å². The molecular weight excluding hydrogens is 391 g/mol. The third-order valence-corrected chi connectivity index (χ3v) is 5.59. The van der Waals surface area contributed by atoms with Gasteiger partial charge in [-0.25, -0.2) is 0 Å². The Balaban J connectivity index is 1.60. The summed E-state index contributed by atoms with van der Waals surface area (Å²) in [6.07, 6.45) is 4.23. The van der Waals surface area contributed by atoms with Crippen LogP contribution in [-0.4, -0.2) is 27.3 Å². The quantitative estimate of drug-likeness (QED) is 0.633. The first-order valence-corrected chi connectivity index (χ1v) is 9.63. The van der Waals surface area contributed by atoms with Crippen LogP contribution in [0.25, 0.3) is 5.65 Å². The molecule has 2 aromatic heterocycles. The second-order valence-corrected chi connectivity index (χ2v) is 7.81. The molecule has 4 rings (SSSR count). The van der Waals surface area contributed by atoms with Crippen molar-refractivity contribution >= 4 is 41.1 Å². The van der Waals surface area contributed by atoms with Gasteiger partial charge in [0, 0.05) is 24.6 Å². The molecule has 1 unspecified atom stereocenters. The lowest BCUT2D eigenvalue weighted by atomic mass is 10.2. The molecule has 5 nitrogen and oxygen atoms in total. The molecule has 1 aliphatic carbocycles. The number of aromatic nitrogens is 3. The van der Waals surface area contributed by atoms with Crippen LogP contribution in [0.1, 0.15) is 18.4 Å². The summed E-state index contributed by atoms with van der Waals surface area (Å²) in [5, 5.41) is 5.67. The molecule has 0 radical (unpaired) electrons. The zero-order valence-electron chi connectivity index (χ0n) is 14.3. The minimum absolute atomic E-state index is 0.505. The topological polar surface area (TPSA) is 35.9 Å². The first kappa shape index (κ1) is 17.8. The van der Waals surface area contributed by atoms with Crippen LogP contribution in [0.5, 0.6) is 5.75 Å². The second kappa shape index (κ2) is 7.19. The molecule has 1 aromatic carbocycles. The summed E-state index contributed by atoms with van der Waals surface area (Å²) in [5.41, 5.74) is 1.91. The molecule has 1 fully saturated rings. The number of methoxy groups -OCH3 is 1. The molecule has 1 atom stereocenters. The summed E-state index contributed by atoms with van der Waals surface area (Å²) >= 11 is 18.0. The van der Waals surface area contributed by atoms with Gasteiger partial charge in [0.25, 0.3) is 0 Å². The predicted molar refractivity (Wildman–Crippen MR) is 105 cm³/mol. The summed E-state index contributed by atoms with van der Waals surface area (Å²) in [6.45, 7) is 1.62. The number of nitrogens with one attached hydrogen (secondary N) is 1. The van der Waals surface area contributed by atoms with Crippen molar-refractivity contribution in [2.75, 3.05) is 7.11 Å². The van der Waals surface area contributed by atoms with E-state index in [1.165, 1.54) is 23.3 Å². The van der Waals surface area contributed by atoms with Crippen molar-refractivity contribution < 1.29 is 9.64 Å². The van der Waals surface area contributed by atoms with E-state index < -0.39 is 0 Å². The summed E-state index contributed by atoms with van der Waals surface area (Å²) in [6, 6.07) is 10.5. The molecular formula is C18H19Cl2N4OS+. The Morgan fingerprint density at radius 2 is 2.00 bits per heavy atom. The molecule has 1 saturated carbocycles. The fourth-order valence-electron chi connectivity index (χ4n) is 3.17. The van der Waals surface area contributed by atoms with Crippen LogP contribution >= 0.6 is 35.4 Å². The molecule has 8 heteroatoms. The lowest BCUT2D eigenvalue weighted by Gasteiger charge is -2.19.